The Morgan fingerprint density at radius 2 is 2.46 bits per heavy atom. The summed E-state index contributed by atoms with van der Waals surface area (Å²) in [6.45, 7) is 1.34. The van der Waals surface area contributed by atoms with Crippen molar-refractivity contribution in [1.82, 2.24) is 4.98 Å². The van der Waals surface area contributed by atoms with Gasteiger partial charge in [0.1, 0.15) is 10.7 Å². The first-order chi connectivity index (χ1) is 6.11. The van der Waals surface area contributed by atoms with E-state index in [1.807, 2.05) is 0 Å². The van der Waals surface area contributed by atoms with Crippen LogP contribution >= 0.6 is 15.9 Å². The van der Waals surface area contributed by atoms with Gasteiger partial charge in [0.2, 0.25) is 0 Å². The lowest BCUT2D eigenvalue weighted by Gasteiger charge is -2.06. The van der Waals surface area contributed by atoms with Crippen molar-refractivity contribution in [2.45, 2.75) is 13.0 Å². The fourth-order valence-corrected chi connectivity index (χ4v) is 0.972. The first-order valence-electron chi connectivity index (χ1n) is 3.61. The van der Waals surface area contributed by atoms with Gasteiger partial charge in [-0.2, -0.15) is 0 Å². The Kier molecular flexibility index (Phi) is 3.39. The SMILES string of the molecule is C[C@H](O)C(=O)Oc1cccnc1Br. The maximum atomic E-state index is 10.9. The van der Waals surface area contributed by atoms with Gasteiger partial charge < -0.3 is 9.84 Å². The van der Waals surface area contributed by atoms with Crippen LogP contribution in [0.2, 0.25) is 0 Å². The van der Waals surface area contributed by atoms with Crippen molar-refractivity contribution in [2.24, 2.45) is 0 Å². The Hall–Kier alpha value is -0.940. The van der Waals surface area contributed by atoms with E-state index in [9.17, 15) is 4.79 Å². The second-order valence-electron chi connectivity index (χ2n) is 2.39. The molecule has 0 aromatic carbocycles. The molecule has 0 aliphatic heterocycles. The van der Waals surface area contributed by atoms with Crippen molar-refractivity contribution >= 4 is 21.9 Å². The van der Waals surface area contributed by atoms with Gasteiger partial charge >= 0.3 is 5.97 Å². The third kappa shape index (κ3) is 2.78. The van der Waals surface area contributed by atoms with Crippen LogP contribution in [-0.4, -0.2) is 22.2 Å². The molecule has 0 spiro atoms. The van der Waals surface area contributed by atoms with Gasteiger partial charge in [0.25, 0.3) is 0 Å². The number of nitrogens with zero attached hydrogens (tertiary/aromatic N) is 1. The smallest absolute Gasteiger partial charge is 0.340 e. The molecule has 0 aliphatic rings. The molecule has 1 aromatic heterocycles. The average Bonchev–Trinajstić information content (AvgIpc) is 2.08. The lowest BCUT2D eigenvalue weighted by molar-refractivity contribution is -0.142. The highest BCUT2D eigenvalue weighted by molar-refractivity contribution is 9.10. The Morgan fingerprint density at radius 1 is 1.77 bits per heavy atom. The van der Waals surface area contributed by atoms with Gasteiger partial charge in [0.05, 0.1) is 0 Å². The average molecular weight is 246 g/mol. The van der Waals surface area contributed by atoms with Crippen molar-refractivity contribution in [3.05, 3.63) is 22.9 Å². The zero-order valence-corrected chi connectivity index (χ0v) is 8.48. The molecule has 0 aliphatic carbocycles. The fraction of sp³-hybridized carbons (Fsp3) is 0.250. The standard InChI is InChI=1S/C8H8BrNO3/c1-5(11)8(12)13-6-3-2-4-10-7(6)9/h2-5,11H,1H3/t5-/m0/s1. The molecule has 0 bridgehead atoms. The summed E-state index contributed by atoms with van der Waals surface area (Å²) in [6, 6.07) is 3.22. The van der Waals surface area contributed by atoms with E-state index in [4.69, 9.17) is 9.84 Å². The van der Waals surface area contributed by atoms with Crippen molar-refractivity contribution in [3.63, 3.8) is 0 Å². The third-order valence-corrected chi connectivity index (χ3v) is 1.87. The second-order valence-corrected chi connectivity index (χ2v) is 3.14. The lowest BCUT2D eigenvalue weighted by atomic mass is 10.4. The van der Waals surface area contributed by atoms with Crippen molar-refractivity contribution in [2.75, 3.05) is 0 Å². The number of aliphatic hydroxyl groups excluding tert-OH is 1. The number of aromatic nitrogens is 1. The van der Waals surface area contributed by atoms with Gasteiger partial charge in [-0.15, -0.1) is 0 Å². The number of rotatable bonds is 2. The Labute approximate surface area is 83.7 Å². The molecule has 4 nitrogen and oxygen atoms in total. The molecule has 1 heterocycles. The van der Waals surface area contributed by atoms with Gasteiger partial charge in [0.15, 0.2) is 5.75 Å². The van der Waals surface area contributed by atoms with Crippen LogP contribution in [0.15, 0.2) is 22.9 Å². The molecule has 0 saturated carbocycles. The van der Waals surface area contributed by atoms with Crippen LogP contribution in [0.4, 0.5) is 0 Å². The van der Waals surface area contributed by atoms with Crippen LogP contribution < -0.4 is 4.74 Å². The summed E-state index contributed by atoms with van der Waals surface area (Å²) in [5.74, 6) is -0.401. The van der Waals surface area contributed by atoms with E-state index in [0.717, 1.165) is 0 Å². The van der Waals surface area contributed by atoms with Crippen LogP contribution in [0.5, 0.6) is 5.75 Å². The Morgan fingerprint density at radius 3 is 3.00 bits per heavy atom. The Balaban J connectivity index is 2.75. The van der Waals surface area contributed by atoms with E-state index in [1.54, 1.807) is 18.3 Å². The minimum absolute atomic E-state index is 0.299. The minimum atomic E-state index is -1.13. The van der Waals surface area contributed by atoms with Gasteiger partial charge in [0, 0.05) is 6.20 Å². The number of carbonyl (C=O) groups is 1. The minimum Gasteiger partial charge on any atom is -0.422 e. The summed E-state index contributed by atoms with van der Waals surface area (Å²) >= 11 is 3.10. The quantitative estimate of drug-likeness (QED) is 0.627. The molecule has 0 amide bonds. The first kappa shape index (κ1) is 10.1. The molecular weight excluding hydrogens is 238 g/mol. The second kappa shape index (κ2) is 4.34. The van der Waals surface area contributed by atoms with Crippen LogP contribution in [0, 0.1) is 0 Å². The van der Waals surface area contributed by atoms with E-state index in [2.05, 4.69) is 20.9 Å². The monoisotopic (exact) mass is 245 g/mol. The van der Waals surface area contributed by atoms with Gasteiger partial charge in [-0.05, 0) is 35.0 Å². The van der Waals surface area contributed by atoms with E-state index >= 15 is 0 Å². The number of aliphatic hydroxyl groups is 1. The summed E-state index contributed by atoms with van der Waals surface area (Å²) in [4.78, 5) is 14.8. The number of hydrogen-bond acceptors (Lipinski definition) is 4. The Bertz CT molecular complexity index is 314. The van der Waals surface area contributed by atoms with Gasteiger partial charge in [-0.25, -0.2) is 9.78 Å². The van der Waals surface area contributed by atoms with Crippen molar-refractivity contribution in [3.8, 4) is 5.75 Å². The normalized spacial score (nSPS) is 12.2. The predicted octanol–water partition coefficient (Wildman–Crippen LogP) is 1.13. The number of pyridine rings is 1. The molecule has 13 heavy (non-hydrogen) atoms. The number of hydrogen-bond donors (Lipinski definition) is 1. The summed E-state index contributed by atoms with van der Waals surface area (Å²) in [5.41, 5.74) is 0. The summed E-state index contributed by atoms with van der Waals surface area (Å²) in [6.07, 6.45) is 0.427. The molecule has 0 unspecified atom stereocenters. The molecule has 1 atom stereocenters. The molecule has 5 heteroatoms. The number of carbonyl (C=O) groups excluding carboxylic acids is 1. The molecule has 1 rings (SSSR count). The van der Waals surface area contributed by atoms with Crippen molar-refractivity contribution < 1.29 is 14.6 Å². The zero-order chi connectivity index (χ0) is 9.84. The highest BCUT2D eigenvalue weighted by Crippen LogP contribution is 2.21. The summed E-state index contributed by atoms with van der Waals surface area (Å²) in [5, 5.41) is 8.86. The summed E-state index contributed by atoms with van der Waals surface area (Å²) < 4.78 is 5.24. The van der Waals surface area contributed by atoms with Crippen LogP contribution in [-0.2, 0) is 4.79 Å². The van der Waals surface area contributed by atoms with Crippen molar-refractivity contribution in [1.29, 1.82) is 0 Å². The van der Waals surface area contributed by atoms with E-state index in [-0.39, 0.29) is 0 Å². The maximum Gasteiger partial charge on any atom is 0.340 e. The molecule has 70 valence electrons. The molecule has 0 radical (unpaired) electrons. The number of halogens is 1. The van der Waals surface area contributed by atoms with E-state index < -0.39 is 12.1 Å². The zero-order valence-electron chi connectivity index (χ0n) is 6.90. The topological polar surface area (TPSA) is 59.4 Å². The van der Waals surface area contributed by atoms with Gasteiger partial charge in [-0.3, -0.25) is 0 Å². The third-order valence-electron chi connectivity index (χ3n) is 1.28. The fourth-order valence-electron chi connectivity index (χ4n) is 0.641. The highest BCUT2D eigenvalue weighted by atomic mass is 79.9. The summed E-state index contributed by atoms with van der Waals surface area (Å²) in [7, 11) is 0. The van der Waals surface area contributed by atoms with Gasteiger partial charge in [-0.1, -0.05) is 0 Å². The maximum absolute atomic E-state index is 10.9. The lowest BCUT2D eigenvalue weighted by Crippen LogP contribution is -2.22. The molecule has 1 N–H and O–H groups in total. The predicted molar refractivity (Wildman–Crippen MR) is 49.3 cm³/mol. The van der Waals surface area contributed by atoms with E-state index in [0.29, 0.717) is 10.4 Å². The molecule has 1 aromatic rings. The first-order valence-corrected chi connectivity index (χ1v) is 4.41. The van der Waals surface area contributed by atoms with Crippen LogP contribution in [0.3, 0.4) is 0 Å². The van der Waals surface area contributed by atoms with Crippen LogP contribution in [0.1, 0.15) is 6.92 Å². The molecule has 0 fully saturated rings. The largest absolute Gasteiger partial charge is 0.422 e. The van der Waals surface area contributed by atoms with Crippen LogP contribution in [0.25, 0.3) is 0 Å². The number of esters is 1. The highest BCUT2D eigenvalue weighted by Gasteiger charge is 2.13. The van der Waals surface area contributed by atoms with E-state index in [1.165, 1.54) is 6.92 Å². The molecular formula is C8H8BrNO3. The number of ether oxygens (including phenoxy) is 1. The molecule has 0 saturated heterocycles.